The third-order valence-corrected chi connectivity index (χ3v) is 7.35. The molecule has 3 aromatic rings. The van der Waals surface area contributed by atoms with Gasteiger partial charge >= 0.3 is 0 Å². The Kier molecular flexibility index (Phi) is 8.33. The zero-order valence-corrected chi connectivity index (χ0v) is 21.9. The van der Waals surface area contributed by atoms with Crippen LogP contribution in [0.5, 0.6) is 0 Å². The number of para-hydroxylation sites is 1. The molecule has 0 saturated carbocycles. The standard InChI is InChI=1S/C28H38N6O3/c1-20(2)34-19-23(24-7-3-4-8-25(24)34)16-29-15-21-10-12-33(13-11-21)28-30-17-22(18-31-28)27(35)32-37-26-9-5-6-14-36-26/h3-4,7-8,17-21,26,29H,5-6,9-16H2,1-2H3,(H,32,35). The van der Waals surface area contributed by atoms with Gasteiger partial charge in [0, 0.05) is 68.2 Å². The van der Waals surface area contributed by atoms with Gasteiger partial charge in [-0.1, -0.05) is 18.2 Å². The van der Waals surface area contributed by atoms with Crippen molar-refractivity contribution in [2.24, 2.45) is 5.92 Å². The first-order chi connectivity index (χ1) is 18.1. The number of nitrogens with one attached hydrogen (secondary N) is 2. The van der Waals surface area contributed by atoms with Gasteiger partial charge in [-0.15, -0.1) is 0 Å². The van der Waals surface area contributed by atoms with Crippen LogP contribution in [0, 0.1) is 5.92 Å². The van der Waals surface area contributed by atoms with E-state index in [0.717, 1.165) is 58.3 Å². The van der Waals surface area contributed by atoms with Crippen LogP contribution in [-0.2, 0) is 16.1 Å². The summed E-state index contributed by atoms with van der Waals surface area (Å²) in [6.45, 7) is 8.81. The largest absolute Gasteiger partial charge is 0.350 e. The lowest BCUT2D eigenvalue weighted by molar-refractivity contribution is -0.186. The monoisotopic (exact) mass is 506 g/mol. The third kappa shape index (κ3) is 6.29. The summed E-state index contributed by atoms with van der Waals surface area (Å²) < 4.78 is 7.82. The molecule has 2 aromatic heterocycles. The average Bonchev–Trinajstić information content (AvgIpc) is 3.32. The van der Waals surface area contributed by atoms with Crippen LogP contribution in [-0.4, -0.2) is 53.0 Å². The quantitative estimate of drug-likeness (QED) is 0.420. The summed E-state index contributed by atoms with van der Waals surface area (Å²) in [7, 11) is 0. The number of piperidine rings is 1. The topological polar surface area (TPSA) is 93.5 Å². The van der Waals surface area contributed by atoms with Crippen LogP contribution in [0.25, 0.3) is 10.9 Å². The first-order valence-electron chi connectivity index (χ1n) is 13.5. The van der Waals surface area contributed by atoms with Crippen LogP contribution in [0.4, 0.5) is 5.95 Å². The number of benzene rings is 1. The molecule has 9 heteroatoms. The lowest BCUT2D eigenvalue weighted by Crippen LogP contribution is -2.38. The summed E-state index contributed by atoms with van der Waals surface area (Å²) in [5.41, 5.74) is 5.49. The fourth-order valence-corrected chi connectivity index (χ4v) is 5.18. The normalized spacial score (nSPS) is 19.0. The minimum absolute atomic E-state index is 0.359. The van der Waals surface area contributed by atoms with Crippen molar-refractivity contribution in [2.75, 3.05) is 31.1 Å². The van der Waals surface area contributed by atoms with Crippen LogP contribution >= 0.6 is 0 Å². The number of rotatable bonds is 9. The van der Waals surface area contributed by atoms with Gasteiger partial charge in [0.25, 0.3) is 5.91 Å². The van der Waals surface area contributed by atoms with Crippen molar-refractivity contribution in [1.82, 2.24) is 25.3 Å². The van der Waals surface area contributed by atoms with Gasteiger partial charge in [0.15, 0.2) is 6.29 Å². The SMILES string of the molecule is CC(C)n1cc(CNCC2CCN(c3ncc(C(=O)NOC4CCCCO4)cn3)CC2)c2ccccc21. The number of carbonyl (C=O) groups is 1. The lowest BCUT2D eigenvalue weighted by atomic mass is 9.97. The van der Waals surface area contributed by atoms with Gasteiger partial charge in [0.05, 0.1) is 5.56 Å². The molecule has 4 heterocycles. The van der Waals surface area contributed by atoms with Crippen molar-refractivity contribution in [3.05, 3.63) is 54.0 Å². The maximum atomic E-state index is 12.3. The second kappa shape index (κ2) is 12.0. The van der Waals surface area contributed by atoms with E-state index in [0.29, 0.717) is 30.1 Å². The van der Waals surface area contributed by atoms with Crippen LogP contribution in [0.1, 0.15) is 67.9 Å². The highest BCUT2D eigenvalue weighted by atomic mass is 16.8. The predicted octanol–water partition coefficient (Wildman–Crippen LogP) is 4.21. The Morgan fingerprint density at radius 2 is 1.92 bits per heavy atom. The van der Waals surface area contributed by atoms with Gasteiger partial charge in [-0.3, -0.25) is 4.79 Å². The van der Waals surface area contributed by atoms with Gasteiger partial charge in [0.2, 0.25) is 5.95 Å². The number of ether oxygens (including phenoxy) is 1. The number of amides is 1. The summed E-state index contributed by atoms with van der Waals surface area (Å²) in [5, 5.41) is 5.03. The smallest absolute Gasteiger partial charge is 0.278 e. The molecular formula is C28H38N6O3. The number of hydrogen-bond donors (Lipinski definition) is 2. The van der Waals surface area contributed by atoms with Crippen LogP contribution in [0.15, 0.2) is 42.9 Å². The maximum Gasteiger partial charge on any atom is 0.278 e. The minimum Gasteiger partial charge on any atom is -0.350 e. The summed E-state index contributed by atoms with van der Waals surface area (Å²) >= 11 is 0. The second-order valence-electron chi connectivity index (χ2n) is 10.4. The molecule has 1 unspecified atom stereocenters. The number of hydroxylamine groups is 1. The molecule has 1 aromatic carbocycles. The van der Waals surface area contributed by atoms with E-state index in [1.165, 1.54) is 16.5 Å². The summed E-state index contributed by atoms with van der Waals surface area (Å²) in [6.07, 6.45) is 10.0. The van der Waals surface area contributed by atoms with Gasteiger partial charge in [0.1, 0.15) is 0 Å². The molecule has 5 rings (SSSR count). The first kappa shape index (κ1) is 25.6. The van der Waals surface area contributed by atoms with Crippen molar-refractivity contribution in [1.29, 1.82) is 0 Å². The van der Waals surface area contributed by atoms with E-state index >= 15 is 0 Å². The number of fused-ring (bicyclic) bond motifs is 1. The zero-order chi connectivity index (χ0) is 25.6. The fourth-order valence-electron chi connectivity index (χ4n) is 5.18. The molecule has 198 valence electrons. The van der Waals surface area contributed by atoms with Crippen molar-refractivity contribution in [3.8, 4) is 0 Å². The summed E-state index contributed by atoms with van der Waals surface area (Å²) in [6, 6.07) is 9.10. The molecule has 2 N–H and O–H groups in total. The van der Waals surface area contributed by atoms with E-state index in [-0.39, 0.29) is 12.2 Å². The van der Waals surface area contributed by atoms with Crippen LogP contribution < -0.4 is 15.7 Å². The molecule has 9 nitrogen and oxygen atoms in total. The fraction of sp³-hybridized carbons (Fsp3) is 0.536. The molecule has 1 amide bonds. The molecule has 2 saturated heterocycles. The molecule has 0 radical (unpaired) electrons. The maximum absolute atomic E-state index is 12.3. The third-order valence-electron chi connectivity index (χ3n) is 7.35. The van der Waals surface area contributed by atoms with Crippen LogP contribution in [0.3, 0.4) is 0 Å². The van der Waals surface area contributed by atoms with Crippen molar-refractivity contribution < 1.29 is 14.4 Å². The van der Waals surface area contributed by atoms with Crippen molar-refractivity contribution in [3.63, 3.8) is 0 Å². The van der Waals surface area contributed by atoms with Crippen molar-refractivity contribution in [2.45, 2.75) is 64.8 Å². The molecule has 0 spiro atoms. The highest BCUT2D eigenvalue weighted by Crippen LogP contribution is 2.25. The molecule has 1 atom stereocenters. The van der Waals surface area contributed by atoms with E-state index in [2.05, 4.69) is 74.5 Å². The molecule has 37 heavy (non-hydrogen) atoms. The lowest BCUT2D eigenvalue weighted by Gasteiger charge is -2.32. The Balaban J connectivity index is 1.06. The number of anilines is 1. The van der Waals surface area contributed by atoms with E-state index in [1.807, 2.05) is 0 Å². The van der Waals surface area contributed by atoms with Crippen LogP contribution in [0.2, 0.25) is 0 Å². The minimum atomic E-state index is -0.380. The van der Waals surface area contributed by atoms with Gasteiger partial charge in [-0.05, 0) is 63.6 Å². The van der Waals surface area contributed by atoms with E-state index in [4.69, 9.17) is 9.57 Å². The molecule has 0 bridgehead atoms. The van der Waals surface area contributed by atoms with E-state index in [1.54, 1.807) is 12.4 Å². The number of carbonyl (C=O) groups excluding carboxylic acids is 1. The van der Waals surface area contributed by atoms with E-state index in [9.17, 15) is 4.79 Å². The Bertz CT molecular complexity index is 1160. The Hall–Kier alpha value is -3.01. The average molecular weight is 507 g/mol. The van der Waals surface area contributed by atoms with Gasteiger partial charge < -0.3 is 19.5 Å². The Labute approximate surface area is 218 Å². The Morgan fingerprint density at radius 3 is 2.65 bits per heavy atom. The summed E-state index contributed by atoms with van der Waals surface area (Å²) in [4.78, 5) is 28.8. The molecular weight excluding hydrogens is 468 g/mol. The molecule has 0 aliphatic carbocycles. The van der Waals surface area contributed by atoms with Gasteiger partial charge in [-0.25, -0.2) is 20.3 Å². The highest BCUT2D eigenvalue weighted by Gasteiger charge is 2.22. The first-order valence-corrected chi connectivity index (χ1v) is 13.5. The number of aromatic nitrogens is 3. The number of hydrogen-bond acceptors (Lipinski definition) is 7. The Morgan fingerprint density at radius 1 is 1.14 bits per heavy atom. The zero-order valence-electron chi connectivity index (χ0n) is 21.9. The predicted molar refractivity (Wildman–Crippen MR) is 143 cm³/mol. The summed E-state index contributed by atoms with van der Waals surface area (Å²) in [5.74, 6) is 0.932. The van der Waals surface area contributed by atoms with Gasteiger partial charge in [-0.2, -0.15) is 0 Å². The van der Waals surface area contributed by atoms with E-state index < -0.39 is 0 Å². The highest BCUT2D eigenvalue weighted by molar-refractivity contribution is 5.92. The number of nitrogens with zero attached hydrogens (tertiary/aromatic N) is 4. The second-order valence-corrected chi connectivity index (χ2v) is 10.4. The molecule has 2 fully saturated rings. The molecule has 2 aliphatic rings. The molecule has 2 aliphatic heterocycles. The van der Waals surface area contributed by atoms with Crippen molar-refractivity contribution >= 4 is 22.8 Å².